The van der Waals surface area contributed by atoms with E-state index in [1.54, 1.807) is 18.2 Å². The second-order valence-corrected chi connectivity index (χ2v) is 10.9. The van der Waals surface area contributed by atoms with Gasteiger partial charge in [-0.2, -0.15) is 0 Å². The largest absolute Gasteiger partial charge is 0.444 e. The lowest BCUT2D eigenvalue weighted by atomic mass is 10.0. The molecule has 0 fully saturated rings. The highest BCUT2D eigenvalue weighted by Crippen LogP contribution is 2.33. The molecule has 2 aromatic carbocycles. The zero-order chi connectivity index (χ0) is 30.4. The monoisotopic (exact) mass is 585 g/mol. The number of benzene rings is 2. The number of hydrogen-bond acceptors (Lipinski definition) is 7. The van der Waals surface area contributed by atoms with Crippen molar-refractivity contribution in [2.24, 2.45) is 5.73 Å². The van der Waals surface area contributed by atoms with E-state index in [4.69, 9.17) is 27.8 Å². The Morgan fingerprint density at radius 2 is 1.81 bits per heavy atom. The second-order valence-electron chi connectivity index (χ2n) is 10.5. The SMILES string of the molecule is Cc1ccc(Cl)cc1-c1[nH]c(-c2nc(N)ncc2C#Cc2ccc(NCCNC(=O)OC(C)(C)C)cc2)cc1C(N)=O. The van der Waals surface area contributed by atoms with Crippen molar-refractivity contribution in [3.63, 3.8) is 0 Å². The van der Waals surface area contributed by atoms with Crippen LogP contribution in [-0.4, -0.2) is 45.6 Å². The molecule has 0 saturated carbocycles. The lowest BCUT2D eigenvalue weighted by Crippen LogP contribution is -2.34. The van der Waals surface area contributed by atoms with Crippen molar-refractivity contribution in [2.45, 2.75) is 33.3 Å². The third-order valence-electron chi connectivity index (χ3n) is 5.96. The van der Waals surface area contributed by atoms with E-state index < -0.39 is 17.6 Å². The molecule has 0 unspecified atom stereocenters. The number of anilines is 2. The van der Waals surface area contributed by atoms with Crippen LogP contribution in [0.3, 0.4) is 0 Å². The number of aromatic nitrogens is 3. The number of primary amides is 1. The van der Waals surface area contributed by atoms with Crippen molar-refractivity contribution in [3.8, 4) is 34.5 Å². The number of nitrogens with two attached hydrogens (primary N) is 2. The minimum absolute atomic E-state index is 0.0582. The van der Waals surface area contributed by atoms with E-state index in [0.29, 0.717) is 40.8 Å². The van der Waals surface area contributed by atoms with Gasteiger partial charge in [0.25, 0.3) is 5.91 Å². The molecule has 2 amide bonds. The number of H-pyrrole nitrogens is 1. The van der Waals surface area contributed by atoms with Gasteiger partial charge in [-0.15, -0.1) is 0 Å². The molecule has 2 aromatic heterocycles. The Morgan fingerprint density at radius 3 is 2.50 bits per heavy atom. The first-order chi connectivity index (χ1) is 19.9. The molecule has 10 nitrogen and oxygen atoms in total. The van der Waals surface area contributed by atoms with Crippen molar-refractivity contribution >= 4 is 35.2 Å². The summed E-state index contributed by atoms with van der Waals surface area (Å²) in [4.78, 5) is 35.9. The van der Waals surface area contributed by atoms with Crippen LogP contribution < -0.4 is 22.1 Å². The smallest absolute Gasteiger partial charge is 0.407 e. The van der Waals surface area contributed by atoms with Gasteiger partial charge < -0.3 is 31.8 Å². The molecular weight excluding hydrogens is 554 g/mol. The van der Waals surface area contributed by atoms with Gasteiger partial charge in [-0.1, -0.05) is 29.5 Å². The maximum absolute atomic E-state index is 12.3. The fraction of sp³-hybridized carbons (Fsp3) is 0.226. The molecule has 216 valence electrons. The molecule has 42 heavy (non-hydrogen) atoms. The zero-order valence-electron chi connectivity index (χ0n) is 23.8. The Hall–Kier alpha value is -5.01. The first kappa shape index (κ1) is 30.0. The van der Waals surface area contributed by atoms with Gasteiger partial charge in [-0.3, -0.25) is 4.79 Å². The van der Waals surface area contributed by atoms with Gasteiger partial charge >= 0.3 is 6.09 Å². The van der Waals surface area contributed by atoms with Crippen molar-refractivity contribution in [3.05, 3.63) is 82.0 Å². The molecule has 0 atom stereocenters. The zero-order valence-corrected chi connectivity index (χ0v) is 24.5. The number of carbonyl (C=O) groups excluding carboxylic acids is 2. The number of alkyl carbamates (subject to hydrolysis) is 1. The van der Waals surface area contributed by atoms with E-state index in [9.17, 15) is 9.59 Å². The van der Waals surface area contributed by atoms with E-state index in [-0.39, 0.29) is 11.5 Å². The van der Waals surface area contributed by atoms with Gasteiger partial charge in [0, 0.05) is 41.1 Å². The molecule has 0 aliphatic carbocycles. The van der Waals surface area contributed by atoms with Gasteiger partial charge in [0.05, 0.1) is 22.5 Å². The van der Waals surface area contributed by atoms with Crippen LogP contribution in [-0.2, 0) is 4.74 Å². The molecule has 11 heteroatoms. The van der Waals surface area contributed by atoms with Crippen molar-refractivity contribution < 1.29 is 14.3 Å². The van der Waals surface area contributed by atoms with Crippen LogP contribution in [0.25, 0.3) is 22.6 Å². The molecule has 2 heterocycles. The minimum atomic E-state index is -0.601. The van der Waals surface area contributed by atoms with Gasteiger partial charge in [-0.05, 0) is 75.7 Å². The number of hydrogen-bond donors (Lipinski definition) is 5. The van der Waals surface area contributed by atoms with Crippen LogP contribution in [0.5, 0.6) is 0 Å². The molecular formula is C31H32ClN7O3. The lowest BCUT2D eigenvalue weighted by Gasteiger charge is -2.19. The normalized spacial score (nSPS) is 10.9. The topological polar surface area (TPSA) is 161 Å². The number of aromatic amines is 1. The number of ether oxygens (including phenoxy) is 1. The molecule has 0 aliphatic rings. The Kier molecular flexibility index (Phi) is 9.03. The highest BCUT2D eigenvalue weighted by Gasteiger charge is 2.20. The summed E-state index contributed by atoms with van der Waals surface area (Å²) in [6.45, 7) is 8.29. The van der Waals surface area contributed by atoms with E-state index >= 15 is 0 Å². The van der Waals surface area contributed by atoms with Gasteiger partial charge in [0.15, 0.2) is 0 Å². The van der Waals surface area contributed by atoms with Crippen molar-refractivity contribution in [1.82, 2.24) is 20.3 Å². The number of nitrogens with one attached hydrogen (secondary N) is 3. The summed E-state index contributed by atoms with van der Waals surface area (Å²) in [7, 11) is 0. The second kappa shape index (κ2) is 12.7. The van der Waals surface area contributed by atoms with Crippen LogP contribution in [0, 0.1) is 18.8 Å². The summed E-state index contributed by atoms with van der Waals surface area (Å²) < 4.78 is 5.22. The van der Waals surface area contributed by atoms with Crippen LogP contribution >= 0.6 is 11.6 Å². The summed E-state index contributed by atoms with van der Waals surface area (Å²) in [5.41, 5.74) is 16.6. The number of rotatable bonds is 7. The van der Waals surface area contributed by atoms with Crippen molar-refractivity contribution in [2.75, 3.05) is 24.1 Å². The Bertz CT molecular complexity index is 1680. The molecule has 0 aliphatic heterocycles. The molecule has 0 radical (unpaired) electrons. The predicted molar refractivity (Wildman–Crippen MR) is 165 cm³/mol. The molecule has 7 N–H and O–H groups in total. The third-order valence-corrected chi connectivity index (χ3v) is 6.20. The Morgan fingerprint density at radius 1 is 1.07 bits per heavy atom. The fourth-order valence-corrected chi connectivity index (χ4v) is 4.21. The molecule has 4 rings (SSSR count). The molecule has 0 bridgehead atoms. The standard InChI is InChI=1S/C31H32ClN7O3/c1-18-5-10-21(32)15-23(18)27-24(28(33)40)16-25(38-27)26-20(17-37-29(34)39-26)9-6-19-7-11-22(12-8-19)35-13-14-36-30(41)42-31(2,3)4/h5,7-8,10-12,15-17,35,38H,13-14H2,1-4H3,(H2,33,40)(H,36,41)(H2,34,37,39). The van der Waals surface area contributed by atoms with Gasteiger partial charge in [0.2, 0.25) is 5.95 Å². The van der Waals surface area contributed by atoms with Gasteiger partial charge in [0.1, 0.15) is 11.3 Å². The summed E-state index contributed by atoms with van der Waals surface area (Å²) in [6.07, 6.45) is 1.08. The average molecular weight is 586 g/mol. The number of halogens is 1. The maximum atomic E-state index is 12.3. The minimum Gasteiger partial charge on any atom is -0.444 e. The summed E-state index contributed by atoms with van der Waals surface area (Å²) in [5.74, 6) is 5.68. The highest BCUT2D eigenvalue weighted by molar-refractivity contribution is 6.31. The number of nitrogen functional groups attached to an aromatic ring is 1. The van der Waals surface area contributed by atoms with E-state index in [1.807, 2.05) is 58.0 Å². The fourth-order valence-electron chi connectivity index (χ4n) is 4.04. The quantitative estimate of drug-likeness (QED) is 0.148. The maximum Gasteiger partial charge on any atom is 0.407 e. The summed E-state index contributed by atoms with van der Waals surface area (Å²) in [5, 5.41) is 6.47. The number of amides is 2. The van der Waals surface area contributed by atoms with E-state index in [2.05, 4.69) is 37.4 Å². The summed E-state index contributed by atoms with van der Waals surface area (Å²) >= 11 is 6.23. The average Bonchev–Trinajstić information content (AvgIpc) is 3.37. The first-order valence-corrected chi connectivity index (χ1v) is 13.5. The summed E-state index contributed by atoms with van der Waals surface area (Å²) in [6, 6.07) is 14.6. The molecule has 0 saturated heterocycles. The number of aryl methyl sites for hydroxylation is 1. The third kappa shape index (κ3) is 7.80. The first-order valence-electron chi connectivity index (χ1n) is 13.1. The van der Waals surface area contributed by atoms with Crippen LogP contribution in [0.1, 0.15) is 47.8 Å². The number of carbonyl (C=O) groups is 2. The van der Waals surface area contributed by atoms with E-state index in [1.165, 1.54) is 6.20 Å². The molecule has 0 spiro atoms. The molecule has 4 aromatic rings. The van der Waals surface area contributed by atoms with Gasteiger partial charge in [-0.25, -0.2) is 14.8 Å². The van der Waals surface area contributed by atoms with Crippen LogP contribution in [0.15, 0.2) is 54.7 Å². The number of nitrogens with zero attached hydrogens (tertiary/aromatic N) is 2. The highest BCUT2D eigenvalue weighted by atomic mass is 35.5. The lowest BCUT2D eigenvalue weighted by molar-refractivity contribution is 0.0530. The van der Waals surface area contributed by atoms with E-state index in [0.717, 1.165) is 22.4 Å². The van der Waals surface area contributed by atoms with Crippen LogP contribution in [0.4, 0.5) is 16.4 Å². The van der Waals surface area contributed by atoms with Crippen molar-refractivity contribution in [1.29, 1.82) is 0 Å². The Labute approximate surface area is 249 Å². The predicted octanol–water partition coefficient (Wildman–Crippen LogP) is 5.12. The van der Waals surface area contributed by atoms with Crippen LogP contribution in [0.2, 0.25) is 5.02 Å². The Balaban J connectivity index is 1.52.